The molecular weight excluding hydrogens is 252 g/mol. The molecule has 0 saturated carbocycles. The second-order valence-electron chi connectivity index (χ2n) is 5.27. The molecule has 1 aliphatic heterocycles. The van der Waals surface area contributed by atoms with Crippen LogP contribution in [0.15, 0.2) is 24.7 Å². The van der Waals surface area contributed by atoms with Gasteiger partial charge in [-0.05, 0) is 12.1 Å². The van der Waals surface area contributed by atoms with E-state index >= 15 is 0 Å². The van der Waals surface area contributed by atoms with Crippen LogP contribution in [-0.2, 0) is 26.6 Å². The fraction of sp³-hybridized carbons (Fsp3) is 0.357. The Labute approximate surface area is 116 Å². The first kappa shape index (κ1) is 11.6. The highest BCUT2D eigenvalue weighted by Crippen LogP contribution is 2.18. The van der Waals surface area contributed by atoms with Crippen molar-refractivity contribution in [3.63, 3.8) is 0 Å². The van der Waals surface area contributed by atoms with Gasteiger partial charge >= 0.3 is 0 Å². The Hall–Kier alpha value is -2.21. The minimum Gasteiger partial charge on any atom is -0.340 e. The number of nitrogens with zero attached hydrogens (tertiary/aromatic N) is 5. The zero-order valence-electron chi connectivity index (χ0n) is 11.4. The molecule has 1 N–H and O–H groups in total. The number of rotatable bonds is 2. The molecule has 0 aromatic carbocycles. The molecule has 6 heteroatoms. The number of hydrogen-bond acceptors (Lipinski definition) is 4. The third kappa shape index (κ3) is 1.89. The number of aromatic nitrogens is 5. The van der Waals surface area contributed by atoms with E-state index in [2.05, 4.69) is 36.5 Å². The molecule has 0 saturated heterocycles. The van der Waals surface area contributed by atoms with E-state index in [1.807, 2.05) is 18.5 Å². The molecule has 0 aliphatic carbocycles. The van der Waals surface area contributed by atoms with Crippen LogP contribution in [0, 0.1) is 0 Å². The maximum Gasteiger partial charge on any atom is 0.177 e. The molecule has 4 heterocycles. The van der Waals surface area contributed by atoms with Gasteiger partial charge in [0.25, 0.3) is 0 Å². The van der Waals surface area contributed by atoms with Crippen molar-refractivity contribution in [3.05, 3.63) is 41.9 Å². The SMILES string of the molecule is Cn1cnc2c1CCN(Cc1nc3ncccc3[nH]1)C2. The van der Waals surface area contributed by atoms with Crippen LogP contribution in [0.25, 0.3) is 11.2 Å². The van der Waals surface area contributed by atoms with Crippen molar-refractivity contribution in [2.45, 2.75) is 19.5 Å². The predicted molar refractivity (Wildman–Crippen MR) is 74.9 cm³/mol. The van der Waals surface area contributed by atoms with Gasteiger partial charge in [0.05, 0.1) is 24.1 Å². The quantitative estimate of drug-likeness (QED) is 0.760. The Bertz CT molecular complexity index is 723. The zero-order valence-corrected chi connectivity index (χ0v) is 11.4. The van der Waals surface area contributed by atoms with Crippen molar-refractivity contribution >= 4 is 11.2 Å². The second kappa shape index (κ2) is 4.42. The fourth-order valence-electron chi connectivity index (χ4n) is 2.83. The number of imidazole rings is 2. The Morgan fingerprint density at radius 2 is 2.30 bits per heavy atom. The molecule has 0 spiro atoms. The van der Waals surface area contributed by atoms with Crippen molar-refractivity contribution in [2.75, 3.05) is 6.54 Å². The largest absolute Gasteiger partial charge is 0.340 e. The summed E-state index contributed by atoms with van der Waals surface area (Å²) in [6, 6.07) is 3.93. The van der Waals surface area contributed by atoms with E-state index in [0.29, 0.717) is 0 Å². The monoisotopic (exact) mass is 268 g/mol. The second-order valence-corrected chi connectivity index (χ2v) is 5.27. The van der Waals surface area contributed by atoms with Gasteiger partial charge in [-0.1, -0.05) is 0 Å². The van der Waals surface area contributed by atoms with Gasteiger partial charge in [0.15, 0.2) is 5.65 Å². The molecule has 0 fully saturated rings. The number of pyridine rings is 1. The summed E-state index contributed by atoms with van der Waals surface area (Å²) in [6.07, 6.45) is 4.72. The first-order valence-corrected chi connectivity index (χ1v) is 6.80. The van der Waals surface area contributed by atoms with Gasteiger partial charge in [-0.2, -0.15) is 0 Å². The molecule has 0 radical (unpaired) electrons. The van der Waals surface area contributed by atoms with Crippen LogP contribution >= 0.6 is 0 Å². The van der Waals surface area contributed by atoms with Crippen molar-refractivity contribution in [2.24, 2.45) is 7.05 Å². The van der Waals surface area contributed by atoms with Gasteiger partial charge < -0.3 is 9.55 Å². The molecule has 20 heavy (non-hydrogen) atoms. The number of aromatic amines is 1. The zero-order chi connectivity index (χ0) is 13.5. The number of H-pyrrole nitrogens is 1. The standard InChI is InChI=1S/C14H16N6/c1-19-9-16-11-7-20(6-4-12(11)19)8-13-17-10-3-2-5-15-14(10)18-13/h2-3,5,9H,4,6-8H2,1H3,(H,15,17,18). The lowest BCUT2D eigenvalue weighted by atomic mass is 10.1. The summed E-state index contributed by atoms with van der Waals surface area (Å²) < 4.78 is 2.12. The van der Waals surface area contributed by atoms with Gasteiger partial charge in [-0.3, -0.25) is 4.90 Å². The molecular formula is C14H16N6. The minimum atomic E-state index is 0.790. The molecule has 102 valence electrons. The van der Waals surface area contributed by atoms with Crippen molar-refractivity contribution in [1.82, 2.24) is 29.4 Å². The van der Waals surface area contributed by atoms with E-state index in [1.165, 1.54) is 11.4 Å². The predicted octanol–water partition coefficient (Wildman–Crippen LogP) is 1.25. The molecule has 6 nitrogen and oxygen atoms in total. The number of hydrogen-bond donors (Lipinski definition) is 1. The topological polar surface area (TPSA) is 62.6 Å². The van der Waals surface area contributed by atoms with Gasteiger partial charge in [0.1, 0.15) is 5.82 Å². The average Bonchev–Trinajstić information content (AvgIpc) is 3.02. The maximum absolute atomic E-state index is 4.53. The van der Waals surface area contributed by atoms with E-state index in [-0.39, 0.29) is 0 Å². The molecule has 0 unspecified atom stereocenters. The van der Waals surface area contributed by atoms with Crippen molar-refractivity contribution in [1.29, 1.82) is 0 Å². The van der Waals surface area contributed by atoms with Crippen LogP contribution in [0.4, 0.5) is 0 Å². The number of fused-ring (bicyclic) bond motifs is 2. The van der Waals surface area contributed by atoms with Crippen LogP contribution in [-0.4, -0.2) is 35.9 Å². The maximum atomic E-state index is 4.53. The molecule has 0 atom stereocenters. The Kier molecular flexibility index (Phi) is 2.56. The van der Waals surface area contributed by atoms with Crippen molar-refractivity contribution in [3.8, 4) is 0 Å². The smallest absolute Gasteiger partial charge is 0.177 e. The van der Waals surface area contributed by atoms with Crippen LogP contribution < -0.4 is 0 Å². The minimum absolute atomic E-state index is 0.790. The average molecular weight is 268 g/mol. The number of aryl methyl sites for hydroxylation is 1. The first-order chi connectivity index (χ1) is 9.79. The Morgan fingerprint density at radius 1 is 1.35 bits per heavy atom. The van der Waals surface area contributed by atoms with Gasteiger partial charge in [-0.15, -0.1) is 0 Å². The van der Waals surface area contributed by atoms with Crippen LogP contribution in [0.2, 0.25) is 0 Å². The van der Waals surface area contributed by atoms with E-state index in [4.69, 9.17) is 0 Å². The van der Waals surface area contributed by atoms with Gasteiger partial charge in [0.2, 0.25) is 0 Å². The van der Waals surface area contributed by atoms with E-state index < -0.39 is 0 Å². The lowest BCUT2D eigenvalue weighted by Crippen LogP contribution is -2.31. The Morgan fingerprint density at radius 3 is 3.20 bits per heavy atom. The summed E-state index contributed by atoms with van der Waals surface area (Å²) in [4.78, 5) is 19.0. The summed E-state index contributed by atoms with van der Waals surface area (Å²) in [5.41, 5.74) is 4.33. The molecule has 3 aromatic rings. The van der Waals surface area contributed by atoms with Crippen LogP contribution in [0.5, 0.6) is 0 Å². The number of nitrogens with one attached hydrogen (secondary N) is 1. The van der Waals surface area contributed by atoms with Gasteiger partial charge in [0, 0.05) is 38.4 Å². The highest BCUT2D eigenvalue weighted by molar-refractivity contribution is 5.69. The third-order valence-corrected chi connectivity index (χ3v) is 3.86. The van der Waals surface area contributed by atoms with E-state index in [0.717, 1.165) is 43.0 Å². The molecule has 0 bridgehead atoms. The lowest BCUT2D eigenvalue weighted by molar-refractivity contribution is 0.235. The van der Waals surface area contributed by atoms with E-state index in [1.54, 1.807) is 6.20 Å². The highest BCUT2D eigenvalue weighted by atomic mass is 15.2. The highest BCUT2D eigenvalue weighted by Gasteiger charge is 2.20. The molecule has 1 aliphatic rings. The summed E-state index contributed by atoms with van der Waals surface area (Å²) in [6.45, 7) is 2.74. The molecule has 3 aromatic heterocycles. The summed E-state index contributed by atoms with van der Waals surface area (Å²) >= 11 is 0. The van der Waals surface area contributed by atoms with Crippen LogP contribution in [0.3, 0.4) is 0 Å². The molecule has 4 rings (SSSR count). The summed E-state index contributed by atoms with van der Waals surface area (Å²) in [7, 11) is 2.06. The molecule has 0 amide bonds. The normalized spacial score (nSPS) is 15.7. The van der Waals surface area contributed by atoms with Crippen LogP contribution in [0.1, 0.15) is 17.2 Å². The van der Waals surface area contributed by atoms with Gasteiger partial charge in [-0.25, -0.2) is 15.0 Å². The summed E-state index contributed by atoms with van der Waals surface area (Å²) in [5, 5.41) is 0. The lowest BCUT2D eigenvalue weighted by Gasteiger charge is -2.25. The fourth-order valence-corrected chi connectivity index (χ4v) is 2.83. The summed E-state index contributed by atoms with van der Waals surface area (Å²) in [5.74, 6) is 0.970. The van der Waals surface area contributed by atoms with E-state index in [9.17, 15) is 0 Å². The Balaban J connectivity index is 1.55. The third-order valence-electron chi connectivity index (χ3n) is 3.86. The van der Waals surface area contributed by atoms with Crippen molar-refractivity contribution < 1.29 is 0 Å². The first-order valence-electron chi connectivity index (χ1n) is 6.80.